The first-order valence-corrected chi connectivity index (χ1v) is 7.92. The lowest BCUT2D eigenvalue weighted by Gasteiger charge is -2.20. The third kappa shape index (κ3) is 4.42. The Morgan fingerprint density at radius 3 is 2.60 bits per heavy atom. The molecule has 0 saturated carbocycles. The SMILES string of the molecule is CCOC(=O)CN(CC)C(=O)c1cc(SC)ccc1Cl. The molecule has 0 fully saturated rings. The second-order valence-electron chi connectivity index (χ2n) is 3.97. The van der Waals surface area contributed by atoms with Gasteiger partial charge in [0.1, 0.15) is 6.54 Å². The maximum absolute atomic E-state index is 12.4. The Kier molecular flexibility index (Phi) is 6.88. The second-order valence-corrected chi connectivity index (χ2v) is 5.26. The van der Waals surface area contributed by atoms with Crippen LogP contribution in [0.25, 0.3) is 0 Å². The number of hydrogen-bond acceptors (Lipinski definition) is 4. The maximum atomic E-state index is 12.4. The van der Waals surface area contributed by atoms with Crippen LogP contribution >= 0.6 is 23.4 Å². The van der Waals surface area contributed by atoms with E-state index in [1.54, 1.807) is 19.1 Å². The number of benzene rings is 1. The predicted molar refractivity (Wildman–Crippen MR) is 81.4 cm³/mol. The first-order valence-electron chi connectivity index (χ1n) is 6.31. The van der Waals surface area contributed by atoms with Crippen LogP contribution < -0.4 is 0 Å². The molecule has 0 spiro atoms. The molecule has 0 aliphatic carbocycles. The van der Waals surface area contributed by atoms with Gasteiger partial charge < -0.3 is 9.64 Å². The second kappa shape index (κ2) is 8.17. The normalized spacial score (nSPS) is 10.2. The molecular weight excluding hydrogens is 298 g/mol. The van der Waals surface area contributed by atoms with Gasteiger partial charge >= 0.3 is 5.97 Å². The zero-order chi connectivity index (χ0) is 15.1. The average molecular weight is 316 g/mol. The minimum absolute atomic E-state index is 0.0665. The van der Waals surface area contributed by atoms with Crippen LogP contribution in [0.1, 0.15) is 24.2 Å². The van der Waals surface area contributed by atoms with Gasteiger partial charge in [-0.2, -0.15) is 0 Å². The van der Waals surface area contributed by atoms with Crippen LogP contribution in [0, 0.1) is 0 Å². The molecule has 0 atom stereocenters. The van der Waals surface area contributed by atoms with E-state index < -0.39 is 5.97 Å². The van der Waals surface area contributed by atoms with Crippen molar-refractivity contribution in [1.29, 1.82) is 0 Å². The Morgan fingerprint density at radius 1 is 1.35 bits per heavy atom. The third-order valence-corrected chi connectivity index (χ3v) is 3.75. The molecule has 20 heavy (non-hydrogen) atoms. The number of nitrogens with zero attached hydrogens (tertiary/aromatic N) is 1. The first kappa shape index (κ1) is 16.9. The summed E-state index contributed by atoms with van der Waals surface area (Å²) >= 11 is 7.60. The summed E-state index contributed by atoms with van der Waals surface area (Å²) in [5.41, 5.74) is 0.407. The summed E-state index contributed by atoms with van der Waals surface area (Å²) in [5.74, 6) is -0.679. The van der Waals surface area contributed by atoms with Gasteiger partial charge in [0.05, 0.1) is 17.2 Å². The largest absolute Gasteiger partial charge is 0.465 e. The molecule has 1 amide bonds. The lowest BCUT2D eigenvalue weighted by atomic mass is 10.2. The molecule has 110 valence electrons. The molecule has 0 aromatic heterocycles. The zero-order valence-electron chi connectivity index (χ0n) is 11.8. The quantitative estimate of drug-likeness (QED) is 0.598. The molecule has 0 heterocycles. The van der Waals surface area contributed by atoms with Crippen LogP contribution in [0.2, 0.25) is 5.02 Å². The fraction of sp³-hybridized carbons (Fsp3) is 0.429. The highest BCUT2D eigenvalue weighted by atomic mass is 35.5. The standard InChI is InChI=1S/C14H18ClNO3S/c1-4-16(9-13(17)19-5-2)14(18)11-8-10(20-3)6-7-12(11)15/h6-8H,4-5,9H2,1-3H3. The minimum Gasteiger partial charge on any atom is -0.465 e. The van der Waals surface area contributed by atoms with Crippen molar-refractivity contribution in [3.05, 3.63) is 28.8 Å². The zero-order valence-corrected chi connectivity index (χ0v) is 13.4. The predicted octanol–water partition coefficient (Wildman–Crippen LogP) is 3.09. The van der Waals surface area contributed by atoms with Crippen molar-refractivity contribution in [2.75, 3.05) is 26.0 Å². The Balaban J connectivity index is 2.93. The summed E-state index contributed by atoms with van der Waals surface area (Å²) in [6.07, 6.45) is 1.92. The van der Waals surface area contributed by atoms with Crippen LogP contribution in [0.15, 0.2) is 23.1 Å². The van der Waals surface area contributed by atoms with Gasteiger partial charge in [0.15, 0.2) is 0 Å². The monoisotopic (exact) mass is 315 g/mol. The van der Waals surface area contributed by atoms with E-state index in [0.29, 0.717) is 23.7 Å². The molecule has 1 rings (SSSR count). The number of rotatable bonds is 6. The van der Waals surface area contributed by atoms with Crippen molar-refractivity contribution < 1.29 is 14.3 Å². The summed E-state index contributed by atoms with van der Waals surface area (Å²) < 4.78 is 4.87. The van der Waals surface area contributed by atoms with E-state index in [-0.39, 0.29) is 12.5 Å². The third-order valence-electron chi connectivity index (χ3n) is 2.70. The van der Waals surface area contributed by atoms with Crippen LogP contribution in [-0.2, 0) is 9.53 Å². The first-order chi connectivity index (χ1) is 9.53. The molecule has 0 aliphatic heterocycles. The number of carbonyl (C=O) groups is 2. The highest BCUT2D eigenvalue weighted by Crippen LogP contribution is 2.24. The number of hydrogen-bond donors (Lipinski definition) is 0. The molecule has 0 aliphatic rings. The van der Waals surface area contributed by atoms with Crippen LogP contribution in [0.5, 0.6) is 0 Å². The van der Waals surface area contributed by atoms with Crippen LogP contribution in [0.3, 0.4) is 0 Å². The number of thioether (sulfide) groups is 1. The smallest absolute Gasteiger partial charge is 0.325 e. The topological polar surface area (TPSA) is 46.6 Å². The number of ether oxygens (including phenoxy) is 1. The minimum atomic E-state index is -0.417. The van der Waals surface area contributed by atoms with Gasteiger partial charge in [-0.1, -0.05) is 11.6 Å². The molecule has 0 bridgehead atoms. The summed E-state index contributed by atoms with van der Waals surface area (Å²) in [6.45, 7) is 4.19. The van der Waals surface area contributed by atoms with Crippen molar-refractivity contribution >= 4 is 35.2 Å². The van der Waals surface area contributed by atoms with Crippen LogP contribution in [-0.4, -0.2) is 42.7 Å². The molecule has 1 aromatic rings. The number of carbonyl (C=O) groups excluding carboxylic acids is 2. The average Bonchev–Trinajstić information content (AvgIpc) is 2.45. The van der Waals surface area contributed by atoms with Crippen molar-refractivity contribution in [3.63, 3.8) is 0 Å². The van der Waals surface area contributed by atoms with Crippen molar-refractivity contribution in [3.8, 4) is 0 Å². The Bertz CT molecular complexity index is 493. The Morgan fingerprint density at radius 2 is 2.05 bits per heavy atom. The Hall–Kier alpha value is -1.20. The van der Waals surface area contributed by atoms with E-state index in [1.165, 1.54) is 16.7 Å². The van der Waals surface area contributed by atoms with Crippen molar-refractivity contribution in [2.45, 2.75) is 18.7 Å². The maximum Gasteiger partial charge on any atom is 0.325 e. The lowest BCUT2D eigenvalue weighted by molar-refractivity contribution is -0.143. The van der Waals surface area contributed by atoms with E-state index in [9.17, 15) is 9.59 Å². The highest BCUT2D eigenvalue weighted by molar-refractivity contribution is 7.98. The summed E-state index contributed by atoms with van der Waals surface area (Å²) in [6, 6.07) is 5.29. The molecule has 0 saturated heterocycles. The lowest BCUT2D eigenvalue weighted by Crippen LogP contribution is -2.36. The van der Waals surface area contributed by atoms with E-state index >= 15 is 0 Å². The van der Waals surface area contributed by atoms with Gasteiger partial charge in [-0.25, -0.2) is 0 Å². The van der Waals surface area contributed by atoms with E-state index in [2.05, 4.69) is 0 Å². The molecule has 6 heteroatoms. The fourth-order valence-corrected chi connectivity index (χ4v) is 2.29. The number of halogens is 1. The Labute approximate surface area is 128 Å². The van der Waals surface area contributed by atoms with E-state index in [0.717, 1.165) is 4.90 Å². The summed E-state index contributed by atoms with van der Waals surface area (Å²) in [5, 5.41) is 0.384. The van der Waals surface area contributed by atoms with Gasteiger partial charge in [-0.15, -0.1) is 11.8 Å². The van der Waals surface area contributed by atoms with Crippen molar-refractivity contribution in [2.24, 2.45) is 0 Å². The van der Waals surface area contributed by atoms with Gasteiger partial charge in [0.2, 0.25) is 0 Å². The molecule has 0 unspecified atom stereocenters. The summed E-state index contributed by atoms with van der Waals surface area (Å²) in [4.78, 5) is 26.3. The van der Waals surface area contributed by atoms with Gasteiger partial charge in [-0.05, 0) is 38.3 Å². The number of likely N-dealkylation sites (N-methyl/N-ethyl adjacent to an activating group) is 1. The van der Waals surface area contributed by atoms with Crippen LogP contribution in [0.4, 0.5) is 0 Å². The number of esters is 1. The van der Waals surface area contributed by atoms with E-state index in [1.807, 2.05) is 19.2 Å². The number of amides is 1. The summed E-state index contributed by atoms with van der Waals surface area (Å²) in [7, 11) is 0. The van der Waals surface area contributed by atoms with Gasteiger partial charge in [0, 0.05) is 11.4 Å². The molecular formula is C14H18ClNO3S. The van der Waals surface area contributed by atoms with E-state index in [4.69, 9.17) is 16.3 Å². The van der Waals surface area contributed by atoms with Crippen molar-refractivity contribution in [1.82, 2.24) is 4.90 Å². The molecule has 1 aromatic carbocycles. The highest BCUT2D eigenvalue weighted by Gasteiger charge is 2.20. The van der Waals surface area contributed by atoms with Gasteiger partial charge in [0.25, 0.3) is 5.91 Å². The molecule has 4 nitrogen and oxygen atoms in total. The molecule has 0 N–H and O–H groups in total. The molecule has 0 radical (unpaired) electrons. The fourth-order valence-electron chi connectivity index (χ4n) is 1.66. The van der Waals surface area contributed by atoms with Gasteiger partial charge in [-0.3, -0.25) is 9.59 Å².